The molecule has 2 N–H and O–H groups in total. The number of fused-ring (bicyclic) bond motifs is 1. The molecule has 0 fully saturated rings. The Morgan fingerprint density at radius 1 is 1.33 bits per heavy atom. The Labute approximate surface area is 90.1 Å². The van der Waals surface area contributed by atoms with Crippen LogP contribution in [0.2, 0.25) is 0 Å². The number of nitrogen functional groups attached to an aromatic ring is 1. The maximum atomic E-state index is 5.97. The fraction of sp³-hybridized carbons (Fsp3) is 0.333. The van der Waals surface area contributed by atoms with Crippen LogP contribution >= 0.6 is 0 Å². The third kappa shape index (κ3) is 1.70. The lowest BCUT2D eigenvalue weighted by Gasteiger charge is -2.10. The molecule has 0 atom stereocenters. The zero-order valence-electron chi connectivity index (χ0n) is 9.49. The molecule has 2 rings (SSSR count). The maximum absolute atomic E-state index is 5.97. The van der Waals surface area contributed by atoms with Gasteiger partial charge in [-0.2, -0.15) is 0 Å². The van der Waals surface area contributed by atoms with Crippen LogP contribution in [0.25, 0.3) is 10.9 Å². The van der Waals surface area contributed by atoms with E-state index in [4.69, 9.17) is 5.73 Å². The number of aromatic nitrogens is 1. The first-order valence-corrected chi connectivity index (χ1v) is 5.07. The fourth-order valence-electron chi connectivity index (χ4n) is 1.98. The number of anilines is 1. The van der Waals surface area contributed by atoms with E-state index in [1.54, 1.807) is 0 Å². The molecule has 1 heterocycles. The van der Waals surface area contributed by atoms with Crippen molar-refractivity contribution in [2.45, 2.75) is 6.54 Å². The van der Waals surface area contributed by atoms with Crippen molar-refractivity contribution in [3.05, 3.63) is 30.0 Å². The average molecular weight is 203 g/mol. The topological polar surface area (TPSA) is 34.2 Å². The number of benzene rings is 1. The van der Waals surface area contributed by atoms with Gasteiger partial charge in [-0.1, -0.05) is 12.1 Å². The van der Waals surface area contributed by atoms with E-state index in [0.717, 1.165) is 17.7 Å². The first-order valence-electron chi connectivity index (χ1n) is 5.07. The van der Waals surface area contributed by atoms with Crippen molar-refractivity contribution in [1.29, 1.82) is 0 Å². The summed E-state index contributed by atoms with van der Waals surface area (Å²) in [6.07, 6.45) is 0. The summed E-state index contributed by atoms with van der Waals surface area (Å²) in [5, 5.41) is 1.22. The molecule has 80 valence electrons. The van der Waals surface area contributed by atoms with E-state index in [2.05, 4.69) is 42.7 Å². The molecule has 0 spiro atoms. The van der Waals surface area contributed by atoms with Crippen LogP contribution in [0, 0.1) is 0 Å². The number of aryl methyl sites for hydroxylation is 1. The summed E-state index contributed by atoms with van der Waals surface area (Å²) in [6.45, 7) is 0.935. The summed E-state index contributed by atoms with van der Waals surface area (Å²) in [4.78, 5) is 2.16. The quantitative estimate of drug-likeness (QED) is 0.755. The van der Waals surface area contributed by atoms with E-state index in [0.29, 0.717) is 0 Å². The minimum atomic E-state index is 0.847. The molecule has 3 heteroatoms. The van der Waals surface area contributed by atoms with Gasteiger partial charge in [0.1, 0.15) is 0 Å². The van der Waals surface area contributed by atoms with Crippen LogP contribution in [0.5, 0.6) is 0 Å². The lowest BCUT2D eigenvalue weighted by Crippen LogP contribution is -2.13. The van der Waals surface area contributed by atoms with Gasteiger partial charge in [0.2, 0.25) is 0 Å². The van der Waals surface area contributed by atoms with Crippen LogP contribution in [-0.2, 0) is 13.6 Å². The number of hydrogen-bond acceptors (Lipinski definition) is 2. The Balaban J connectivity index is 2.59. The highest BCUT2D eigenvalue weighted by Crippen LogP contribution is 2.24. The van der Waals surface area contributed by atoms with Crippen molar-refractivity contribution in [2.75, 3.05) is 19.8 Å². The molecule has 1 aromatic carbocycles. The standard InChI is InChI=1S/C12H17N3/c1-14(2)8-10-7-9-5-4-6-11(13)12(9)15(10)3/h4-7H,8,13H2,1-3H3. The first kappa shape index (κ1) is 10.1. The van der Waals surface area contributed by atoms with Crippen LogP contribution in [-0.4, -0.2) is 23.6 Å². The minimum absolute atomic E-state index is 0.847. The molecule has 0 radical (unpaired) electrons. The number of hydrogen-bond donors (Lipinski definition) is 1. The van der Waals surface area contributed by atoms with Gasteiger partial charge in [0.25, 0.3) is 0 Å². The first-order chi connectivity index (χ1) is 7.09. The van der Waals surface area contributed by atoms with Gasteiger partial charge in [-0.05, 0) is 26.2 Å². The Morgan fingerprint density at radius 2 is 2.07 bits per heavy atom. The van der Waals surface area contributed by atoms with Gasteiger partial charge in [-0.3, -0.25) is 0 Å². The minimum Gasteiger partial charge on any atom is -0.397 e. The van der Waals surface area contributed by atoms with Crippen LogP contribution in [0.4, 0.5) is 5.69 Å². The van der Waals surface area contributed by atoms with Crippen molar-refractivity contribution in [3.8, 4) is 0 Å². The lowest BCUT2D eigenvalue weighted by atomic mass is 10.2. The lowest BCUT2D eigenvalue weighted by molar-refractivity contribution is 0.392. The Bertz CT molecular complexity index is 483. The van der Waals surface area contributed by atoms with E-state index in [9.17, 15) is 0 Å². The van der Waals surface area contributed by atoms with Crippen molar-refractivity contribution < 1.29 is 0 Å². The second-order valence-electron chi connectivity index (χ2n) is 4.22. The van der Waals surface area contributed by atoms with Crippen LogP contribution in [0.1, 0.15) is 5.69 Å². The highest BCUT2D eigenvalue weighted by atomic mass is 15.1. The second kappa shape index (κ2) is 3.59. The summed E-state index contributed by atoms with van der Waals surface area (Å²) in [7, 11) is 6.21. The largest absolute Gasteiger partial charge is 0.397 e. The van der Waals surface area contributed by atoms with Gasteiger partial charge >= 0.3 is 0 Å². The monoisotopic (exact) mass is 203 g/mol. The number of nitrogens with two attached hydrogens (primary N) is 1. The zero-order valence-corrected chi connectivity index (χ0v) is 9.49. The Hall–Kier alpha value is -1.48. The molecule has 0 bridgehead atoms. The van der Waals surface area contributed by atoms with Crippen LogP contribution in [0.15, 0.2) is 24.3 Å². The zero-order chi connectivity index (χ0) is 11.0. The Morgan fingerprint density at radius 3 is 2.67 bits per heavy atom. The van der Waals surface area contributed by atoms with E-state index >= 15 is 0 Å². The molecule has 3 nitrogen and oxygen atoms in total. The summed E-state index contributed by atoms with van der Waals surface area (Å²) >= 11 is 0. The molecule has 0 saturated carbocycles. The second-order valence-corrected chi connectivity index (χ2v) is 4.22. The summed E-state index contributed by atoms with van der Waals surface area (Å²) < 4.78 is 2.17. The van der Waals surface area contributed by atoms with Gasteiger partial charge < -0.3 is 15.2 Å². The van der Waals surface area contributed by atoms with Crippen molar-refractivity contribution in [3.63, 3.8) is 0 Å². The van der Waals surface area contributed by atoms with Gasteiger partial charge in [0.05, 0.1) is 11.2 Å². The van der Waals surface area contributed by atoms with Gasteiger partial charge in [0, 0.05) is 24.7 Å². The van der Waals surface area contributed by atoms with E-state index < -0.39 is 0 Å². The van der Waals surface area contributed by atoms with E-state index in [-0.39, 0.29) is 0 Å². The molecule has 0 aliphatic carbocycles. The summed E-state index contributed by atoms with van der Waals surface area (Å²) in [6, 6.07) is 8.25. The molecule has 0 unspecified atom stereocenters. The molecular weight excluding hydrogens is 186 g/mol. The number of para-hydroxylation sites is 1. The normalized spacial score (nSPS) is 11.5. The molecule has 15 heavy (non-hydrogen) atoms. The molecule has 0 saturated heterocycles. The predicted octanol–water partition coefficient (Wildman–Crippen LogP) is 1.82. The molecule has 0 amide bonds. The fourth-order valence-corrected chi connectivity index (χ4v) is 1.98. The predicted molar refractivity (Wildman–Crippen MR) is 64.7 cm³/mol. The summed E-state index contributed by atoms with van der Waals surface area (Å²) in [5.74, 6) is 0. The molecule has 0 aliphatic rings. The number of nitrogens with zero attached hydrogens (tertiary/aromatic N) is 2. The van der Waals surface area contributed by atoms with E-state index in [1.165, 1.54) is 11.1 Å². The average Bonchev–Trinajstić information content (AvgIpc) is 2.44. The molecular formula is C12H17N3. The molecule has 1 aromatic heterocycles. The highest BCUT2D eigenvalue weighted by Gasteiger charge is 2.08. The van der Waals surface area contributed by atoms with Crippen molar-refractivity contribution >= 4 is 16.6 Å². The SMILES string of the molecule is CN(C)Cc1cc2cccc(N)c2n1C. The van der Waals surface area contributed by atoms with Crippen LogP contribution < -0.4 is 5.73 Å². The molecule has 2 aromatic rings. The summed E-state index contributed by atoms with van der Waals surface area (Å²) in [5.41, 5.74) is 9.23. The van der Waals surface area contributed by atoms with Crippen LogP contribution in [0.3, 0.4) is 0 Å². The number of rotatable bonds is 2. The maximum Gasteiger partial charge on any atom is 0.0713 e. The third-order valence-electron chi connectivity index (χ3n) is 2.67. The van der Waals surface area contributed by atoms with Crippen molar-refractivity contribution in [2.24, 2.45) is 7.05 Å². The van der Waals surface area contributed by atoms with Gasteiger partial charge in [-0.25, -0.2) is 0 Å². The van der Waals surface area contributed by atoms with Gasteiger partial charge in [-0.15, -0.1) is 0 Å². The Kier molecular flexibility index (Phi) is 2.40. The smallest absolute Gasteiger partial charge is 0.0713 e. The van der Waals surface area contributed by atoms with E-state index in [1.807, 2.05) is 12.1 Å². The third-order valence-corrected chi connectivity index (χ3v) is 2.67. The highest BCUT2D eigenvalue weighted by molar-refractivity contribution is 5.91. The van der Waals surface area contributed by atoms with Crippen molar-refractivity contribution in [1.82, 2.24) is 9.47 Å². The van der Waals surface area contributed by atoms with Gasteiger partial charge in [0.15, 0.2) is 0 Å². The molecule has 0 aliphatic heterocycles.